The molecule has 0 fully saturated rings. The number of benzene rings is 3. The first-order chi connectivity index (χ1) is 16.3. The lowest BCUT2D eigenvalue weighted by atomic mass is 9.84. The SMILES string of the molecule is Cc1ccc2oc3ccccc3c2c1C(C)(C)N1c2ccccc2N(c2cnc(C)n2C)[C@H]1C. The predicted molar refractivity (Wildman–Crippen MR) is 140 cm³/mol. The molecule has 0 saturated heterocycles. The van der Waals surface area contributed by atoms with Crippen LogP contribution >= 0.6 is 0 Å². The number of nitrogens with zero attached hydrogens (tertiary/aromatic N) is 4. The van der Waals surface area contributed by atoms with Gasteiger partial charge in [0.05, 0.1) is 23.1 Å². The Bertz CT molecular complexity index is 1560. The molecule has 1 aliphatic rings. The van der Waals surface area contributed by atoms with Gasteiger partial charge in [-0.1, -0.05) is 36.4 Å². The average Bonchev–Trinajstić information content (AvgIpc) is 3.44. The molecular weight excluding hydrogens is 420 g/mol. The molecule has 3 aromatic carbocycles. The molecule has 34 heavy (non-hydrogen) atoms. The monoisotopic (exact) mass is 450 g/mol. The zero-order valence-electron chi connectivity index (χ0n) is 20.6. The Kier molecular flexibility index (Phi) is 4.37. The van der Waals surface area contributed by atoms with Gasteiger partial charge in [-0.2, -0.15) is 0 Å². The van der Waals surface area contributed by atoms with Crippen molar-refractivity contribution in [2.45, 2.75) is 46.3 Å². The van der Waals surface area contributed by atoms with E-state index < -0.39 is 0 Å². The fraction of sp³-hybridized carbons (Fsp3) is 0.276. The molecule has 2 aromatic heterocycles. The maximum atomic E-state index is 6.27. The number of furan rings is 1. The molecule has 0 unspecified atom stereocenters. The molecule has 0 radical (unpaired) electrons. The average molecular weight is 451 g/mol. The van der Waals surface area contributed by atoms with Crippen LogP contribution in [0.25, 0.3) is 21.9 Å². The molecule has 0 bridgehead atoms. The molecule has 3 heterocycles. The van der Waals surface area contributed by atoms with Crippen LogP contribution < -0.4 is 9.80 Å². The van der Waals surface area contributed by atoms with Crippen molar-refractivity contribution in [3.05, 3.63) is 83.8 Å². The van der Waals surface area contributed by atoms with Crippen LogP contribution in [0.5, 0.6) is 0 Å². The van der Waals surface area contributed by atoms with E-state index in [4.69, 9.17) is 4.42 Å². The molecule has 0 saturated carbocycles. The molecule has 172 valence electrons. The van der Waals surface area contributed by atoms with Gasteiger partial charge in [-0.3, -0.25) is 0 Å². The number of para-hydroxylation sites is 3. The smallest absolute Gasteiger partial charge is 0.135 e. The van der Waals surface area contributed by atoms with Crippen LogP contribution in [-0.2, 0) is 12.6 Å². The Morgan fingerprint density at radius 3 is 2.32 bits per heavy atom. The fourth-order valence-electron chi connectivity index (χ4n) is 6.02. The second kappa shape index (κ2) is 7.13. The van der Waals surface area contributed by atoms with Crippen LogP contribution in [0, 0.1) is 13.8 Å². The molecule has 1 atom stereocenters. The van der Waals surface area contributed by atoms with E-state index in [0.29, 0.717) is 0 Å². The summed E-state index contributed by atoms with van der Waals surface area (Å²) >= 11 is 0. The third kappa shape index (κ3) is 2.70. The number of aromatic nitrogens is 2. The molecule has 5 aromatic rings. The fourth-order valence-corrected chi connectivity index (χ4v) is 6.02. The van der Waals surface area contributed by atoms with E-state index in [9.17, 15) is 0 Å². The molecule has 5 heteroatoms. The highest BCUT2D eigenvalue weighted by Crippen LogP contribution is 2.51. The van der Waals surface area contributed by atoms with Gasteiger partial charge in [0.15, 0.2) is 0 Å². The third-order valence-corrected chi connectivity index (χ3v) is 7.56. The molecule has 0 aliphatic carbocycles. The van der Waals surface area contributed by atoms with Crippen molar-refractivity contribution < 1.29 is 4.42 Å². The standard InChI is InChI=1S/C29H30N4O/c1-18-15-16-25-27(21-11-7-10-14-24(21)34-25)28(18)29(4,5)33-20(3)32(22-12-8-9-13-23(22)33)26-17-30-19(2)31(26)6/h7-17,20H,1-6H3/t20-/m1/s1. The molecule has 0 amide bonds. The minimum atomic E-state index is -0.311. The highest BCUT2D eigenvalue weighted by atomic mass is 16.3. The molecule has 5 nitrogen and oxygen atoms in total. The van der Waals surface area contributed by atoms with Crippen LogP contribution in [-0.4, -0.2) is 15.7 Å². The summed E-state index contributed by atoms with van der Waals surface area (Å²) in [5, 5.41) is 2.38. The quantitative estimate of drug-likeness (QED) is 0.292. The van der Waals surface area contributed by atoms with Gasteiger partial charge >= 0.3 is 0 Å². The maximum Gasteiger partial charge on any atom is 0.135 e. The number of imidazole rings is 1. The van der Waals surface area contributed by atoms with Crippen molar-refractivity contribution in [2.24, 2.45) is 7.05 Å². The van der Waals surface area contributed by atoms with Crippen molar-refractivity contribution in [1.29, 1.82) is 0 Å². The van der Waals surface area contributed by atoms with E-state index in [1.54, 1.807) is 0 Å². The number of hydrogen-bond acceptors (Lipinski definition) is 4. The van der Waals surface area contributed by atoms with Crippen LogP contribution in [0.1, 0.15) is 37.7 Å². The maximum absolute atomic E-state index is 6.27. The lowest BCUT2D eigenvalue weighted by Gasteiger charge is -2.43. The Morgan fingerprint density at radius 1 is 0.882 bits per heavy atom. The topological polar surface area (TPSA) is 37.4 Å². The summed E-state index contributed by atoms with van der Waals surface area (Å²) in [6.45, 7) is 11.2. The van der Waals surface area contributed by atoms with Crippen LogP contribution in [0.15, 0.2) is 71.3 Å². The summed E-state index contributed by atoms with van der Waals surface area (Å²) in [4.78, 5) is 9.54. The predicted octanol–water partition coefficient (Wildman–Crippen LogP) is 7.18. The molecule has 0 N–H and O–H groups in total. The number of fused-ring (bicyclic) bond motifs is 4. The zero-order chi connectivity index (χ0) is 23.8. The number of rotatable bonds is 3. The van der Waals surface area contributed by atoms with E-state index in [1.807, 2.05) is 19.2 Å². The van der Waals surface area contributed by atoms with E-state index in [0.717, 1.165) is 22.8 Å². The summed E-state index contributed by atoms with van der Waals surface area (Å²) < 4.78 is 8.44. The van der Waals surface area contributed by atoms with Gasteiger partial charge in [-0.05, 0) is 70.0 Å². The van der Waals surface area contributed by atoms with Gasteiger partial charge < -0.3 is 18.8 Å². The van der Waals surface area contributed by atoms with Gasteiger partial charge in [0.1, 0.15) is 29.0 Å². The minimum absolute atomic E-state index is 0.0926. The zero-order valence-corrected chi connectivity index (χ0v) is 20.6. The van der Waals surface area contributed by atoms with Gasteiger partial charge in [0.25, 0.3) is 0 Å². The van der Waals surface area contributed by atoms with Crippen molar-refractivity contribution in [3.63, 3.8) is 0 Å². The largest absolute Gasteiger partial charge is 0.456 e. The van der Waals surface area contributed by atoms with Crippen molar-refractivity contribution in [3.8, 4) is 0 Å². The summed E-state index contributed by atoms with van der Waals surface area (Å²) in [6.07, 6.45) is 2.07. The van der Waals surface area contributed by atoms with Gasteiger partial charge in [-0.15, -0.1) is 0 Å². The van der Waals surface area contributed by atoms with Crippen LogP contribution in [0.2, 0.25) is 0 Å². The Balaban J connectivity index is 1.60. The van der Waals surface area contributed by atoms with Crippen molar-refractivity contribution >= 4 is 39.1 Å². The van der Waals surface area contributed by atoms with Crippen LogP contribution in [0.3, 0.4) is 0 Å². The highest BCUT2D eigenvalue weighted by Gasteiger charge is 2.44. The summed E-state index contributed by atoms with van der Waals surface area (Å²) in [7, 11) is 2.09. The Labute approximate surface area is 200 Å². The van der Waals surface area contributed by atoms with E-state index in [1.165, 1.54) is 33.3 Å². The van der Waals surface area contributed by atoms with E-state index in [-0.39, 0.29) is 11.7 Å². The second-order valence-electron chi connectivity index (χ2n) is 9.87. The van der Waals surface area contributed by atoms with Crippen molar-refractivity contribution in [1.82, 2.24) is 9.55 Å². The summed E-state index contributed by atoms with van der Waals surface area (Å²) in [6, 6.07) is 21.4. The van der Waals surface area contributed by atoms with E-state index >= 15 is 0 Å². The molecule has 0 spiro atoms. The Hall–Kier alpha value is -3.73. The van der Waals surface area contributed by atoms with Gasteiger partial charge in [-0.25, -0.2) is 4.98 Å². The molecular formula is C29H30N4O. The Morgan fingerprint density at radius 2 is 1.59 bits per heavy atom. The minimum Gasteiger partial charge on any atom is -0.456 e. The van der Waals surface area contributed by atoms with Crippen molar-refractivity contribution in [2.75, 3.05) is 9.80 Å². The lowest BCUT2D eigenvalue weighted by molar-refractivity contribution is 0.448. The molecule has 6 rings (SSSR count). The molecule has 1 aliphatic heterocycles. The first kappa shape index (κ1) is 20.8. The lowest BCUT2D eigenvalue weighted by Crippen LogP contribution is -2.49. The number of anilines is 3. The normalized spacial score (nSPS) is 16.1. The van der Waals surface area contributed by atoms with Crippen LogP contribution in [0.4, 0.5) is 17.2 Å². The first-order valence-electron chi connectivity index (χ1n) is 11.9. The van der Waals surface area contributed by atoms with E-state index in [2.05, 4.69) is 109 Å². The van der Waals surface area contributed by atoms with Gasteiger partial charge in [0, 0.05) is 17.8 Å². The third-order valence-electron chi connectivity index (χ3n) is 7.56. The first-order valence-corrected chi connectivity index (χ1v) is 11.9. The summed E-state index contributed by atoms with van der Waals surface area (Å²) in [5.41, 5.74) is 6.56. The number of hydrogen-bond donors (Lipinski definition) is 0. The highest BCUT2D eigenvalue weighted by molar-refractivity contribution is 6.08. The summed E-state index contributed by atoms with van der Waals surface area (Å²) in [5.74, 6) is 2.10. The van der Waals surface area contributed by atoms with Gasteiger partial charge in [0.2, 0.25) is 0 Å². The second-order valence-corrected chi connectivity index (χ2v) is 9.87. The number of aryl methyl sites for hydroxylation is 2.